The van der Waals surface area contributed by atoms with Gasteiger partial charge in [0.1, 0.15) is 0 Å². The Morgan fingerprint density at radius 2 is 1.73 bits per heavy atom. The number of halogens is 1. The molecule has 1 aliphatic heterocycles. The minimum atomic E-state index is -3.02. The number of ketones is 1. The minimum absolute atomic E-state index is 0.0796. The zero-order chi connectivity index (χ0) is 21.9. The van der Waals surface area contributed by atoms with Crippen molar-refractivity contribution in [1.29, 1.82) is 0 Å². The highest BCUT2D eigenvalue weighted by Gasteiger charge is 2.36. The summed E-state index contributed by atoms with van der Waals surface area (Å²) in [5.74, 6) is 0.0796. The fourth-order valence-corrected chi connectivity index (χ4v) is 5.02. The zero-order valence-corrected chi connectivity index (χ0v) is 19.3. The van der Waals surface area contributed by atoms with Crippen LogP contribution in [0.3, 0.4) is 0 Å². The van der Waals surface area contributed by atoms with Gasteiger partial charge in [-0.2, -0.15) is 0 Å². The maximum Gasteiger partial charge on any atom is 0.162 e. The van der Waals surface area contributed by atoms with E-state index in [2.05, 4.69) is 18.0 Å². The number of nitrogens with zero attached hydrogens (tertiary/aromatic N) is 3. The Kier molecular flexibility index (Phi) is 7.31. The molecular weight excluding hydrogens is 422 g/mol. The molecule has 30 heavy (non-hydrogen) atoms. The number of anilines is 2. The van der Waals surface area contributed by atoms with Crippen LogP contribution in [0.4, 0.5) is 11.4 Å². The summed E-state index contributed by atoms with van der Waals surface area (Å²) in [5, 5.41) is 0.809. The second-order valence-electron chi connectivity index (χ2n) is 7.71. The van der Waals surface area contributed by atoms with E-state index < -0.39 is 11.0 Å². The van der Waals surface area contributed by atoms with E-state index in [-0.39, 0.29) is 5.78 Å². The van der Waals surface area contributed by atoms with Crippen LogP contribution >= 0.6 is 22.6 Å². The van der Waals surface area contributed by atoms with Gasteiger partial charge in [-0.1, -0.05) is 29.8 Å². The van der Waals surface area contributed by atoms with Crippen molar-refractivity contribution >= 4 is 39.7 Å². The molecule has 0 saturated heterocycles. The molecule has 1 heterocycles. The van der Waals surface area contributed by atoms with E-state index in [0.29, 0.717) is 23.4 Å². The van der Waals surface area contributed by atoms with Crippen LogP contribution < -0.4 is 8.61 Å². The number of carbonyl (C=O) groups excluding carboxylic acids is 1. The Morgan fingerprint density at radius 1 is 1.03 bits per heavy atom. The lowest BCUT2D eigenvalue weighted by Gasteiger charge is -2.40. The molecule has 0 atom stereocenters. The number of benzene rings is 2. The monoisotopic (exact) mass is 451 g/mol. The second kappa shape index (κ2) is 9.58. The van der Waals surface area contributed by atoms with Crippen molar-refractivity contribution in [3.8, 4) is 0 Å². The highest BCUT2D eigenvalue weighted by Crippen LogP contribution is 2.59. The van der Waals surface area contributed by atoms with Gasteiger partial charge in [-0.3, -0.25) is 22.5 Å². The largest absolute Gasteiger partial charge is 0.306 e. The number of hydrogen-bond donors (Lipinski definition) is 2. The molecule has 0 bridgehead atoms. The molecule has 3 rings (SSSR count). The zero-order valence-electron chi connectivity index (χ0n) is 17.7. The third kappa shape index (κ3) is 4.92. The quantitative estimate of drug-likeness (QED) is 0.396. The fraction of sp³-hybridized carbons (Fsp3) is 0.409. The highest BCUT2D eigenvalue weighted by atomic mass is 35.5. The number of Topliss-reactive ketones (excluding diaryl/α,β-unsaturated/α-hetero) is 1. The Labute approximate surface area is 185 Å². The number of hydrogen-bond acceptors (Lipinski definition) is 6. The first-order valence-corrected chi connectivity index (χ1v) is 11.9. The maximum atomic E-state index is 12.6. The third-order valence-corrected chi connectivity index (χ3v) is 7.86. The SMILES string of the molecule is CN(CCCCC(=O)c1ccc2c(c1)N(C)S(O)(O)N2C)CCc1ccccc1Cl. The van der Waals surface area contributed by atoms with E-state index >= 15 is 0 Å². The van der Waals surface area contributed by atoms with Crippen LogP contribution in [-0.2, 0) is 6.42 Å². The lowest BCUT2D eigenvalue weighted by atomic mass is 10.0. The lowest BCUT2D eigenvalue weighted by Crippen LogP contribution is -2.28. The summed E-state index contributed by atoms with van der Waals surface area (Å²) in [5.41, 5.74) is 3.15. The minimum Gasteiger partial charge on any atom is -0.306 e. The summed E-state index contributed by atoms with van der Waals surface area (Å²) >= 11 is 6.21. The highest BCUT2D eigenvalue weighted by molar-refractivity contribution is 8.26. The molecule has 6 nitrogen and oxygen atoms in total. The first-order valence-electron chi connectivity index (χ1n) is 10.1. The summed E-state index contributed by atoms with van der Waals surface area (Å²) in [6.45, 7) is 1.85. The molecule has 2 aromatic rings. The number of rotatable bonds is 9. The Hall–Kier alpha value is -1.77. The van der Waals surface area contributed by atoms with E-state index in [0.717, 1.165) is 42.9 Å². The topological polar surface area (TPSA) is 67.2 Å². The van der Waals surface area contributed by atoms with Gasteiger partial charge in [-0.15, -0.1) is 0 Å². The van der Waals surface area contributed by atoms with Crippen molar-refractivity contribution < 1.29 is 13.9 Å². The molecule has 1 aliphatic rings. The Morgan fingerprint density at radius 3 is 2.47 bits per heavy atom. The first kappa shape index (κ1) is 22.9. The van der Waals surface area contributed by atoms with E-state index in [9.17, 15) is 13.9 Å². The van der Waals surface area contributed by atoms with Gasteiger partial charge < -0.3 is 4.90 Å². The van der Waals surface area contributed by atoms with Gasteiger partial charge in [0, 0.05) is 37.6 Å². The molecule has 0 amide bonds. The molecule has 0 aromatic heterocycles. The number of likely N-dealkylation sites (N-methyl/N-ethyl adjacent to an activating group) is 1. The van der Waals surface area contributed by atoms with Crippen molar-refractivity contribution in [2.24, 2.45) is 0 Å². The van der Waals surface area contributed by atoms with Gasteiger partial charge in [0.25, 0.3) is 0 Å². The molecule has 164 valence electrons. The molecule has 0 spiro atoms. The predicted molar refractivity (Wildman–Crippen MR) is 127 cm³/mol. The fourth-order valence-electron chi connectivity index (χ4n) is 3.60. The smallest absolute Gasteiger partial charge is 0.162 e. The van der Waals surface area contributed by atoms with Crippen LogP contribution in [0.15, 0.2) is 42.5 Å². The second-order valence-corrected chi connectivity index (χ2v) is 10.2. The molecule has 0 radical (unpaired) electrons. The molecule has 0 aliphatic carbocycles. The van der Waals surface area contributed by atoms with Crippen molar-refractivity contribution in [3.05, 3.63) is 58.6 Å². The van der Waals surface area contributed by atoms with Gasteiger partial charge in [-0.25, -0.2) is 0 Å². The van der Waals surface area contributed by atoms with Gasteiger partial charge in [0.05, 0.1) is 11.4 Å². The third-order valence-electron chi connectivity index (χ3n) is 5.63. The average Bonchev–Trinajstić information content (AvgIpc) is 2.90. The van der Waals surface area contributed by atoms with E-state index in [4.69, 9.17) is 11.6 Å². The van der Waals surface area contributed by atoms with Crippen LogP contribution in [0.2, 0.25) is 5.02 Å². The van der Waals surface area contributed by atoms with Crippen molar-refractivity contribution in [2.45, 2.75) is 25.7 Å². The molecule has 2 aromatic carbocycles. The summed E-state index contributed by atoms with van der Waals surface area (Å²) in [6, 6.07) is 13.2. The molecule has 0 saturated carbocycles. The molecule has 0 fully saturated rings. The summed E-state index contributed by atoms with van der Waals surface area (Å²) in [7, 11) is 2.33. The average molecular weight is 452 g/mol. The summed E-state index contributed by atoms with van der Waals surface area (Å²) < 4.78 is 23.4. The van der Waals surface area contributed by atoms with Crippen molar-refractivity contribution in [1.82, 2.24) is 4.90 Å². The van der Waals surface area contributed by atoms with Gasteiger partial charge in [0.15, 0.2) is 5.78 Å². The number of unbranched alkanes of at least 4 members (excludes halogenated alkanes) is 1. The summed E-state index contributed by atoms with van der Waals surface area (Å²) in [4.78, 5) is 14.9. The van der Waals surface area contributed by atoms with Crippen LogP contribution in [-0.4, -0.2) is 54.0 Å². The van der Waals surface area contributed by atoms with Crippen LogP contribution in [0.5, 0.6) is 0 Å². The van der Waals surface area contributed by atoms with Crippen LogP contribution in [0.1, 0.15) is 35.2 Å². The van der Waals surface area contributed by atoms with E-state index in [1.807, 2.05) is 18.2 Å². The Balaban J connectivity index is 1.44. The molecule has 2 N–H and O–H groups in total. The van der Waals surface area contributed by atoms with Gasteiger partial charge >= 0.3 is 0 Å². The van der Waals surface area contributed by atoms with Crippen LogP contribution in [0.25, 0.3) is 0 Å². The van der Waals surface area contributed by atoms with E-state index in [1.54, 1.807) is 32.3 Å². The standard InChI is InChI=1S/C22H30ClN3O3S/c1-24(15-13-17-8-4-5-9-19(17)23)14-7-6-10-22(27)18-11-12-20-21(16-18)26(3)30(28,29)25(20)2/h4-5,8-9,11-12,16,28-29H,6-7,10,13-15H2,1-3H3. The predicted octanol–water partition coefficient (Wildman–Crippen LogP) is 5.33. The molecule has 0 unspecified atom stereocenters. The van der Waals surface area contributed by atoms with Crippen molar-refractivity contribution in [3.63, 3.8) is 0 Å². The molecular formula is C22H30ClN3O3S. The van der Waals surface area contributed by atoms with Gasteiger partial charge in [-0.05, 0) is 73.6 Å². The van der Waals surface area contributed by atoms with Crippen LogP contribution in [0, 0.1) is 0 Å². The normalized spacial score (nSPS) is 16.1. The van der Waals surface area contributed by atoms with Gasteiger partial charge in [0.2, 0.25) is 0 Å². The Bertz CT molecular complexity index is 909. The maximum absolute atomic E-state index is 12.6. The summed E-state index contributed by atoms with van der Waals surface area (Å²) in [6.07, 6.45) is 3.15. The van der Waals surface area contributed by atoms with E-state index in [1.165, 1.54) is 8.61 Å². The number of fused-ring (bicyclic) bond motifs is 1. The first-order chi connectivity index (χ1) is 14.2. The molecule has 8 heteroatoms. The number of carbonyl (C=O) groups is 1. The van der Waals surface area contributed by atoms with Crippen molar-refractivity contribution in [2.75, 3.05) is 42.8 Å². The lowest BCUT2D eigenvalue weighted by molar-refractivity contribution is 0.0978.